The fourth-order valence-corrected chi connectivity index (χ4v) is 3.87. The molecular weight excluding hydrogens is 396 g/mol. The van der Waals surface area contributed by atoms with E-state index in [-0.39, 0.29) is 12.4 Å². The van der Waals surface area contributed by atoms with Crippen LogP contribution in [0.15, 0.2) is 34.2 Å². The van der Waals surface area contributed by atoms with Gasteiger partial charge in [0.25, 0.3) is 5.89 Å². The van der Waals surface area contributed by atoms with Crippen LogP contribution >= 0.6 is 23.7 Å². The molecule has 2 aromatic heterocycles. The van der Waals surface area contributed by atoms with Gasteiger partial charge in [0.05, 0.1) is 16.2 Å². The molecule has 3 aromatic rings. The van der Waals surface area contributed by atoms with Crippen LogP contribution in [0.1, 0.15) is 53.7 Å². The van der Waals surface area contributed by atoms with E-state index in [1.54, 1.807) is 17.4 Å². The SMILES string of the molecule is Cc1nc(COc2ccccc2/C=C/c2nc(C3(N)CCCC3)no2)cs1.Cl. The van der Waals surface area contributed by atoms with E-state index in [0.29, 0.717) is 18.3 Å². The van der Waals surface area contributed by atoms with Gasteiger partial charge in [-0.15, -0.1) is 23.7 Å². The van der Waals surface area contributed by atoms with Gasteiger partial charge in [0.15, 0.2) is 5.82 Å². The molecule has 1 aromatic carbocycles. The highest BCUT2D eigenvalue weighted by molar-refractivity contribution is 7.09. The first kappa shape index (κ1) is 20.5. The topological polar surface area (TPSA) is 87.1 Å². The fraction of sp³-hybridized carbons (Fsp3) is 0.350. The third kappa shape index (κ3) is 4.60. The minimum absolute atomic E-state index is 0. The summed E-state index contributed by atoms with van der Waals surface area (Å²) in [4.78, 5) is 8.89. The zero-order valence-electron chi connectivity index (χ0n) is 15.6. The van der Waals surface area contributed by atoms with E-state index in [1.807, 2.05) is 42.6 Å². The Balaban J connectivity index is 0.00000225. The summed E-state index contributed by atoms with van der Waals surface area (Å²) in [7, 11) is 0. The number of rotatable bonds is 6. The van der Waals surface area contributed by atoms with Crippen molar-refractivity contribution in [1.82, 2.24) is 15.1 Å². The molecule has 1 fully saturated rings. The van der Waals surface area contributed by atoms with Gasteiger partial charge in [-0.3, -0.25) is 0 Å². The van der Waals surface area contributed by atoms with E-state index in [9.17, 15) is 0 Å². The average molecular weight is 419 g/mol. The highest BCUT2D eigenvalue weighted by Gasteiger charge is 2.35. The van der Waals surface area contributed by atoms with Gasteiger partial charge < -0.3 is 15.0 Å². The van der Waals surface area contributed by atoms with Crippen LogP contribution in [0.3, 0.4) is 0 Å². The summed E-state index contributed by atoms with van der Waals surface area (Å²) in [5.41, 5.74) is 7.82. The van der Waals surface area contributed by atoms with Crippen molar-refractivity contribution < 1.29 is 9.26 Å². The Morgan fingerprint density at radius 1 is 1.21 bits per heavy atom. The van der Waals surface area contributed by atoms with E-state index < -0.39 is 5.54 Å². The van der Waals surface area contributed by atoms with E-state index in [4.69, 9.17) is 15.0 Å². The maximum Gasteiger partial charge on any atom is 0.250 e. The predicted molar refractivity (Wildman–Crippen MR) is 112 cm³/mol. The molecule has 28 heavy (non-hydrogen) atoms. The Morgan fingerprint density at radius 2 is 2.00 bits per heavy atom. The summed E-state index contributed by atoms with van der Waals surface area (Å²) in [5, 5.41) is 7.13. The van der Waals surface area contributed by atoms with E-state index in [2.05, 4.69) is 15.1 Å². The molecule has 0 saturated heterocycles. The number of thiazole rings is 1. The number of nitrogens with zero attached hydrogens (tertiary/aromatic N) is 3. The normalized spacial score (nSPS) is 15.6. The molecule has 0 atom stereocenters. The smallest absolute Gasteiger partial charge is 0.250 e. The monoisotopic (exact) mass is 418 g/mol. The highest BCUT2D eigenvalue weighted by atomic mass is 35.5. The van der Waals surface area contributed by atoms with E-state index >= 15 is 0 Å². The molecule has 4 rings (SSSR count). The number of nitrogens with two attached hydrogens (primary N) is 1. The van der Waals surface area contributed by atoms with Gasteiger partial charge >= 0.3 is 0 Å². The number of aromatic nitrogens is 3. The van der Waals surface area contributed by atoms with Crippen LogP contribution in [0.2, 0.25) is 0 Å². The van der Waals surface area contributed by atoms with Crippen molar-refractivity contribution >= 4 is 35.9 Å². The lowest BCUT2D eigenvalue weighted by molar-refractivity contribution is 0.301. The van der Waals surface area contributed by atoms with Crippen molar-refractivity contribution in [3.63, 3.8) is 0 Å². The van der Waals surface area contributed by atoms with Gasteiger partial charge in [-0.2, -0.15) is 4.98 Å². The molecular formula is C20H23ClN4O2S. The summed E-state index contributed by atoms with van der Waals surface area (Å²) < 4.78 is 11.3. The quantitative estimate of drug-likeness (QED) is 0.622. The molecule has 0 spiro atoms. The molecule has 148 valence electrons. The van der Waals surface area contributed by atoms with E-state index in [0.717, 1.165) is 47.7 Å². The predicted octanol–water partition coefficient (Wildman–Crippen LogP) is 4.73. The van der Waals surface area contributed by atoms with Crippen LogP contribution in [-0.4, -0.2) is 15.1 Å². The summed E-state index contributed by atoms with van der Waals surface area (Å²) in [6.45, 7) is 2.43. The number of para-hydroxylation sites is 1. The van der Waals surface area contributed by atoms with E-state index in [1.165, 1.54) is 0 Å². The molecule has 1 aliphatic rings. The van der Waals surface area contributed by atoms with Gasteiger partial charge in [-0.05, 0) is 31.9 Å². The second-order valence-corrected chi connectivity index (χ2v) is 7.90. The fourth-order valence-electron chi connectivity index (χ4n) is 3.27. The van der Waals surface area contributed by atoms with Gasteiger partial charge in [0.2, 0.25) is 0 Å². The van der Waals surface area contributed by atoms with Gasteiger partial charge in [0, 0.05) is 17.0 Å². The number of halogens is 1. The number of benzene rings is 1. The Kier molecular flexibility index (Phi) is 6.49. The van der Waals surface area contributed by atoms with Crippen LogP contribution in [-0.2, 0) is 12.1 Å². The molecule has 2 N–H and O–H groups in total. The first-order valence-electron chi connectivity index (χ1n) is 9.06. The first-order valence-corrected chi connectivity index (χ1v) is 9.94. The van der Waals surface area contributed by atoms with Crippen LogP contribution in [0.5, 0.6) is 5.75 Å². The lowest BCUT2D eigenvalue weighted by Gasteiger charge is -2.17. The molecule has 0 radical (unpaired) electrons. The molecule has 1 aliphatic carbocycles. The third-order valence-electron chi connectivity index (χ3n) is 4.75. The van der Waals surface area contributed by atoms with Crippen molar-refractivity contribution in [2.45, 2.75) is 44.8 Å². The largest absolute Gasteiger partial charge is 0.487 e. The van der Waals surface area contributed by atoms with Crippen molar-refractivity contribution in [3.8, 4) is 5.75 Å². The maximum atomic E-state index is 6.39. The van der Waals surface area contributed by atoms with Crippen molar-refractivity contribution in [2.75, 3.05) is 0 Å². The number of ether oxygens (including phenoxy) is 1. The van der Waals surface area contributed by atoms with Crippen molar-refractivity contribution in [3.05, 3.63) is 57.6 Å². The zero-order chi connectivity index (χ0) is 18.7. The Bertz CT molecular complexity index is 947. The summed E-state index contributed by atoms with van der Waals surface area (Å²) >= 11 is 1.62. The molecule has 0 amide bonds. The number of hydrogen-bond acceptors (Lipinski definition) is 7. The molecule has 2 heterocycles. The van der Waals surface area contributed by atoms with Gasteiger partial charge in [0.1, 0.15) is 12.4 Å². The van der Waals surface area contributed by atoms with Gasteiger partial charge in [-0.25, -0.2) is 4.98 Å². The van der Waals surface area contributed by atoms with Crippen LogP contribution < -0.4 is 10.5 Å². The Labute approximate surface area is 174 Å². The minimum Gasteiger partial charge on any atom is -0.487 e. The average Bonchev–Trinajstić information content (AvgIpc) is 3.41. The number of hydrogen-bond donors (Lipinski definition) is 1. The molecule has 8 heteroatoms. The minimum atomic E-state index is -0.442. The summed E-state index contributed by atoms with van der Waals surface area (Å²) in [6, 6.07) is 7.83. The van der Waals surface area contributed by atoms with Crippen LogP contribution in [0, 0.1) is 6.92 Å². The molecule has 1 saturated carbocycles. The highest BCUT2D eigenvalue weighted by Crippen LogP contribution is 2.34. The third-order valence-corrected chi connectivity index (χ3v) is 5.57. The molecule has 0 bridgehead atoms. The lowest BCUT2D eigenvalue weighted by Crippen LogP contribution is -2.34. The molecule has 6 nitrogen and oxygen atoms in total. The van der Waals surface area contributed by atoms with Crippen molar-refractivity contribution in [2.24, 2.45) is 5.73 Å². The van der Waals surface area contributed by atoms with Crippen molar-refractivity contribution in [1.29, 1.82) is 0 Å². The standard InChI is InChI=1S/C20H22N4O2S.ClH/c1-14-22-16(13-27-14)12-25-17-7-3-2-6-15(17)8-9-18-23-19(24-26-18)20(21)10-4-5-11-20;/h2-3,6-9,13H,4-5,10-12,21H2,1H3;1H/b9-8+;. The lowest BCUT2D eigenvalue weighted by atomic mass is 9.99. The van der Waals surface area contributed by atoms with Crippen LogP contribution in [0.4, 0.5) is 0 Å². The Morgan fingerprint density at radius 3 is 2.75 bits per heavy atom. The molecule has 0 unspecified atom stereocenters. The zero-order valence-corrected chi connectivity index (χ0v) is 17.3. The van der Waals surface area contributed by atoms with Crippen LogP contribution in [0.25, 0.3) is 12.2 Å². The maximum absolute atomic E-state index is 6.39. The summed E-state index contributed by atoms with van der Waals surface area (Å²) in [5.74, 6) is 1.83. The van der Waals surface area contributed by atoms with Gasteiger partial charge in [-0.1, -0.05) is 36.2 Å². The summed E-state index contributed by atoms with van der Waals surface area (Å²) in [6.07, 6.45) is 7.74. The number of aryl methyl sites for hydroxylation is 1. The Hall–Kier alpha value is -2.22. The second kappa shape index (κ2) is 8.86. The molecule has 0 aliphatic heterocycles. The first-order chi connectivity index (χ1) is 13.1. The second-order valence-electron chi connectivity index (χ2n) is 6.84.